The number of nitriles is 1. The molecule has 0 saturated carbocycles. The number of rotatable bonds is 4. The van der Waals surface area contributed by atoms with Gasteiger partial charge < -0.3 is 14.8 Å². The van der Waals surface area contributed by atoms with Gasteiger partial charge in [-0.05, 0) is 62.6 Å². The normalized spacial score (nSPS) is 26.0. The Bertz CT molecular complexity index is 1010. The monoisotopic (exact) mass is 391 g/mol. The molecule has 0 unspecified atom stereocenters. The third kappa shape index (κ3) is 3.07. The Morgan fingerprint density at radius 1 is 1.38 bits per heavy atom. The zero-order valence-electron chi connectivity index (χ0n) is 17.4. The topological polar surface area (TPSA) is 82.1 Å². The van der Waals surface area contributed by atoms with E-state index >= 15 is 0 Å². The van der Waals surface area contributed by atoms with Gasteiger partial charge in [0.15, 0.2) is 0 Å². The third-order valence-corrected chi connectivity index (χ3v) is 7.01. The fourth-order valence-electron chi connectivity index (χ4n) is 5.56. The number of imidazole rings is 1. The van der Waals surface area contributed by atoms with Crippen LogP contribution in [-0.2, 0) is 18.3 Å². The number of benzene rings is 1. The highest BCUT2D eigenvalue weighted by molar-refractivity contribution is 5.45. The Hall–Kier alpha value is -2.58. The maximum absolute atomic E-state index is 10.5. The fraction of sp³-hybridized carbons (Fsp3) is 0.500. The van der Waals surface area contributed by atoms with Crippen molar-refractivity contribution in [3.05, 3.63) is 58.4 Å². The van der Waals surface area contributed by atoms with Crippen LogP contribution < -0.4 is 0 Å². The van der Waals surface area contributed by atoms with Gasteiger partial charge in [0.1, 0.15) is 11.6 Å². The highest BCUT2D eigenvalue weighted by Gasteiger charge is 2.50. The Balaban J connectivity index is 1.80. The Morgan fingerprint density at radius 3 is 2.90 bits per heavy atom. The molecule has 4 rings (SSSR count). The molecule has 0 bridgehead atoms. The summed E-state index contributed by atoms with van der Waals surface area (Å²) in [4.78, 5) is 5.01. The first-order valence-corrected chi connectivity index (χ1v) is 10.5. The van der Waals surface area contributed by atoms with Gasteiger partial charge in [-0.3, -0.25) is 0 Å². The van der Waals surface area contributed by atoms with Crippen molar-refractivity contribution in [1.29, 1.82) is 5.26 Å². The second-order valence-electron chi connectivity index (χ2n) is 8.79. The van der Waals surface area contributed by atoms with Crippen molar-refractivity contribution < 1.29 is 10.2 Å². The molecule has 152 valence electrons. The summed E-state index contributed by atoms with van der Waals surface area (Å²) in [5, 5.41) is 29.2. The molecule has 2 aromatic rings. The summed E-state index contributed by atoms with van der Waals surface area (Å²) in [6, 6.07) is 10.7. The molecule has 2 N–H and O–H groups in total. The molecule has 0 radical (unpaired) electrons. The number of aromatic nitrogens is 2. The molecule has 1 aromatic carbocycles. The predicted octanol–water partition coefficient (Wildman–Crippen LogP) is 4.30. The quantitative estimate of drug-likeness (QED) is 0.814. The maximum atomic E-state index is 10.5. The molecule has 0 saturated heterocycles. The van der Waals surface area contributed by atoms with E-state index in [4.69, 9.17) is 10.1 Å². The predicted molar refractivity (Wildman–Crippen MR) is 112 cm³/mol. The molecule has 5 nitrogen and oxygen atoms in total. The Morgan fingerprint density at radius 2 is 2.17 bits per heavy atom. The molecule has 1 aromatic heterocycles. The number of aliphatic hydroxyl groups is 2. The lowest BCUT2D eigenvalue weighted by atomic mass is 9.57. The molecule has 0 fully saturated rings. The van der Waals surface area contributed by atoms with E-state index in [0.717, 1.165) is 42.9 Å². The number of fused-ring (bicyclic) bond motifs is 3. The summed E-state index contributed by atoms with van der Waals surface area (Å²) in [6.07, 6.45) is 4.05. The van der Waals surface area contributed by atoms with Gasteiger partial charge in [0.2, 0.25) is 0 Å². The minimum atomic E-state index is -0.241. The summed E-state index contributed by atoms with van der Waals surface area (Å²) in [5.74, 6) is 1.49. The maximum Gasteiger partial charge on any atom is 0.110 e. The van der Waals surface area contributed by atoms with Crippen LogP contribution >= 0.6 is 0 Å². The van der Waals surface area contributed by atoms with Gasteiger partial charge in [0, 0.05) is 29.3 Å². The van der Waals surface area contributed by atoms with E-state index in [2.05, 4.69) is 41.8 Å². The third-order valence-electron chi connectivity index (χ3n) is 7.01. The standard InChI is InChI=1S/C24H29N3O2/c1-15-20-9-10-21-23(24(20,3)13-18(14-25)22(15)29)26-16(2)27(21)19-8-4-6-17(12-19)7-5-11-28/h4,6,8,12,15,20,28-29H,5,7,9-11,13H2,1-3H3/t15-,20-,24-/m0/s1. The van der Waals surface area contributed by atoms with E-state index in [1.54, 1.807) is 0 Å². The average molecular weight is 392 g/mol. The zero-order chi connectivity index (χ0) is 20.8. The van der Waals surface area contributed by atoms with Crippen LogP contribution in [0.15, 0.2) is 35.6 Å². The average Bonchev–Trinajstić information content (AvgIpc) is 3.06. The van der Waals surface area contributed by atoms with E-state index in [1.807, 2.05) is 13.8 Å². The molecule has 0 spiro atoms. The van der Waals surface area contributed by atoms with Gasteiger partial charge in [-0.1, -0.05) is 26.0 Å². The Kier molecular flexibility index (Phi) is 5.00. The molecular weight excluding hydrogens is 362 g/mol. The summed E-state index contributed by atoms with van der Waals surface area (Å²) in [6.45, 7) is 6.49. The van der Waals surface area contributed by atoms with Crippen molar-refractivity contribution in [1.82, 2.24) is 9.55 Å². The molecule has 29 heavy (non-hydrogen) atoms. The van der Waals surface area contributed by atoms with Crippen LogP contribution in [0.4, 0.5) is 0 Å². The lowest BCUT2D eigenvalue weighted by molar-refractivity contribution is 0.135. The number of nitrogens with zero attached hydrogens (tertiary/aromatic N) is 3. The number of allylic oxidation sites excluding steroid dienone is 2. The minimum absolute atomic E-state index is 0.0242. The molecule has 2 aliphatic carbocycles. The molecule has 0 amide bonds. The number of aliphatic hydroxyl groups excluding tert-OH is 2. The number of aryl methyl sites for hydroxylation is 2. The lowest BCUT2D eigenvalue weighted by Gasteiger charge is -2.46. The van der Waals surface area contributed by atoms with E-state index in [-0.39, 0.29) is 29.6 Å². The van der Waals surface area contributed by atoms with E-state index in [9.17, 15) is 10.4 Å². The van der Waals surface area contributed by atoms with Crippen molar-refractivity contribution in [3.8, 4) is 11.8 Å². The van der Waals surface area contributed by atoms with Crippen LogP contribution in [0, 0.1) is 30.1 Å². The SMILES string of the molecule is Cc1nc2c(n1-c1cccc(CCCO)c1)CC[C@H]1[C@H](C)C(O)=C(C#N)C[C@]21C. The largest absolute Gasteiger partial charge is 0.511 e. The lowest BCUT2D eigenvalue weighted by Crippen LogP contribution is -2.44. The van der Waals surface area contributed by atoms with Gasteiger partial charge in [-0.25, -0.2) is 4.98 Å². The summed E-state index contributed by atoms with van der Waals surface area (Å²) in [5.41, 5.74) is 4.89. The van der Waals surface area contributed by atoms with E-state index in [1.165, 1.54) is 11.3 Å². The summed E-state index contributed by atoms with van der Waals surface area (Å²) < 4.78 is 2.26. The molecule has 2 aliphatic rings. The summed E-state index contributed by atoms with van der Waals surface area (Å²) >= 11 is 0. The molecule has 3 atom stereocenters. The van der Waals surface area contributed by atoms with Crippen molar-refractivity contribution >= 4 is 0 Å². The highest BCUT2D eigenvalue weighted by atomic mass is 16.3. The van der Waals surface area contributed by atoms with Gasteiger partial charge >= 0.3 is 0 Å². The molecule has 1 heterocycles. The van der Waals surface area contributed by atoms with Crippen LogP contribution in [0.1, 0.15) is 55.9 Å². The Labute approximate surface area is 172 Å². The van der Waals surface area contributed by atoms with Crippen molar-refractivity contribution in [2.45, 2.75) is 58.3 Å². The zero-order valence-corrected chi connectivity index (χ0v) is 17.4. The van der Waals surface area contributed by atoms with Crippen molar-refractivity contribution in [3.63, 3.8) is 0 Å². The van der Waals surface area contributed by atoms with Crippen LogP contribution in [-0.4, -0.2) is 26.4 Å². The molecule has 0 aliphatic heterocycles. The second-order valence-corrected chi connectivity index (χ2v) is 8.79. The minimum Gasteiger partial charge on any atom is -0.511 e. The van der Waals surface area contributed by atoms with Crippen molar-refractivity contribution in [2.24, 2.45) is 11.8 Å². The number of hydrogen-bond donors (Lipinski definition) is 2. The summed E-state index contributed by atoms with van der Waals surface area (Å²) in [7, 11) is 0. The van der Waals surface area contributed by atoms with Crippen LogP contribution in [0.2, 0.25) is 0 Å². The van der Waals surface area contributed by atoms with E-state index < -0.39 is 0 Å². The van der Waals surface area contributed by atoms with Crippen LogP contribution in [0.5, 0.6) is 0 Å². The molecular formula is C24H29N3O2. The first kappa shape index (κ1) is 19.7. The van der Waals surface area contributed by atoms with Crippen molar-refractivity contribution in [2.75, 3.05) is 6.61 Å². The van der Waals surface area contributed by atoms with Gasteiger partial charge in [0.05, 0.1) is 17.3 Å². The second kappa shape index (κ2) is 7.35. The first-order chi connectivity index (χ1) is 13.9. The van der Waals surface area contributed by atoms with Gasteiger partial charge in [-0.15, -0.1) is 0 Å². The first-order valence-electron chi connectivity index (χ1n) is 10.5. The van der Waals surface area contributed by atoms with Gasteiger partial charge in [0.25, 0.3) is 0 Å². The van der Waals surface area contributed by atoms with Crippen LogP contribution in [0.25, 0.3) is 5.69 Å². The van der Waals surface area contributed by atoms with E-state index in [0.29, 0.717) is 12.0 Å². The van der Waals surface area contributed by atoms with Gasteiger partial charge in [-0.2, -0.15) is 5.26 Å². The van der Waals surface area contributed by atoms with Crippen LogP contribution in [0.3, 0.4) is 0 Å². The fourth-order valence-corrected chi connectivity index (χ4v) is 5.56. The highest BCUT2D eigenvalue weighted by Crippen LogP contribution is 2.53. The number of hydrogen-bond acceptors (Lipinski definition) is 4. The molecule has 5 heteroatoms. The smallest absolute Gasteiger partial charge is 0.110 e.